The predicted molar refractivity (Wildman–Crippen MR) is 182 cm³/mol. The van der Waals surface area contributed by atoms with Crippen LogP contribution in [0.15, 0.2) is 42.5 Å². The molecule has 2 unspecified atom stereocenters. The van der Waals surface area contributed by atoms with E-state index in [4.69, 9.17) is 21.1 Å². The number of aromatic nitrogens is 2. The van der Waals surface area contributed by atoms with Gasteiger partial charge in [-0.1, -0.05) is 24.1 Å². The van der Waals surface area contributed by atoms with Crippen molar-refractivity contribution in [3.63, 3.8) is 0 Å². The van der Waals surface area contributed by atoms with E-state index in [0.29, 0.717) is 46.2 Å². The Labute approximate surface area is 274 Å². The van der Waals surface area contributed by atoms with Gasteiger partial charge in [0.25, 0.3) is 0 Å². The molecule has 0 amide bonds. The number of terminal acetylenes is 1. The molecular weight excluding hydrogens is 591 g/mol. The van der Waals surface area contributed by atoms with Crippen LogP contribution in [0.3, 0.4) is 0 Å². The van der Waals surface area contributed by atoms with Gasteiger partial charge in [-0.2, -0.15) is 9.97 Å². The van der Waals surface area contributed by atoms with Crippen LogP contribution in [0.2, 0.25) is 0 Å². The van der Waals surface area contributed by atoms with Crippen molar-refractivity contribution in [2.24, 2.45) is 10.8 Å². The minimum absolute atomic E-state index is 0.0489. The normalized spacial score (nSPS) is 24.6. The molecular formula is C38H41FN6O2. The molecule has 9 heteroatoms. The Morgan fingerprint density at radius 3 is 2.60 bits per heavy atom. The first-order valence-electron chi connectivity index (χ1n) is 17.1. The molecule has 5 aliphatic rings. The molecule has 1 saturated carbocycles. The van der Waals surface area contributed by atoms with E-state index in [1.165, 1.54) is 26.1 Å². The highest BCUT2D eigenvalue weighted by Gasteiger charge is 2.50. The molecule has 5 fully saturated rings. The van der Waals surface area contributed by atoms with Crippen LogP contribution in [0.4, 0.5) is 10.2 Å². The van der Waals surface area contributed by atoms with Gasteiger partial charge in [0.05, 0.1) is 6.61 Å². The van der Waals surface area contributed by atoms with E-state index in [9.17, 15) is 5.11 Å². The van der Waals surface area contributed by atoms with E-state index in [1.807, 2.05) is 24.3 Å². The van der Waals surface area contributed by atoms with Crippen molar-refractivity contribution in [1.29, 1.82) is 0 Å². The fourth-order valence-corrected chi connectivity index (χ4v) is 9.09. The molecule has 242 valence electrons. The van der Waals surface area contributed by atoms with Crippen LogP contribution in [0.25, 0.3) is 32.8 Å². The summed E-state index contributed by atoms with van der Waals surface area (Å²) in [5.41, 5.74) is 2.31. The average Bonchev–Trinajstić information content (AvgIpc) is 3.57. The minimum atomic E-state index is -0.471. The van der Waals surface area contributed by atoms with Crippen molar-refractivity contribution in [1.82, 2.24) is 25.1 Å². The number of ether oxygens (including phenoxy) is 1. The molecule has 1 aliphatic carbocycles. The van der Waals surface area contributed by atoms with Crippen molar-refractivity contribution in [2.75, 3.05) is 64.4 Å². The molecule has 1 aromatic heterocycles. The van der Waals surface area contributed by atoms with Crippen LogP contribution in [0.5, 0.6) is 11.8 Å². The lowest BCUT2D eigenvalue weighted by Crippen LogP contribution is -2.55. The highest BCUT2D eigenvalue weighted by atomic mass is 19.1. The zero-order valence-corrected chi connectivity index (χ0v) is 26.9. The van der Waals surface area contributed by atoms with Crippen LogP contribution in [-0.2, 0) is 0 Å². The molecule has 3 aromatic carbocycles. The number of nitrogens with one attached hydrogen (secondary N) is 1. The molecule has 2 atom stereocenters. The summed E-state index contributed by atoms with van der Waals surface area (Å²) in [6.07, 6.45) is 11.7. The third-order valence-electron chi connectivity index (χ3n) is 11.4. The van der Waals surface area contributed by atoms with Gasteiger partial charge in [0.1, 0.15) is 17.1 Å². The van der Waals surface area contributed by atoms with Crippen LogP contribution in [0, 0.1) is 29.0 Å². The molecule has 2 N–H and O–H groups in total. The number of phenols is 1. The van der Waals surface area contributed by atoms with Gasteiger partial charge in [0.15, 0.2) is 5.82 Å². The Kier molecular flexibility index (Phi) is 6.69. The Balaban J connectivity index is 1.08. The zero-order chi connectivity index (χ0) is 31.9. The van der Waals surface area contributed by atoms with Gasteiger partial charge in [-0.3, -0.25) is 0 Å². The van der Waals surface area contributed by atoms with Crippen molar-refractivity contribution in [3.8, 4) is 35.2 Å². The quantitative estimate of drug-likeness (QED) is 0.276. The topological polar surface area (TPSA) is 77.0 Å². The predicted octanol–water partition coefficient (Wildman–Crippen LogP) is 5.01. The molecule has 0 radical (unpaired) electrons. The number of phenolic OH excluding ortho intramolecular Hbond substituents is 1. The summed E-state index contributed by atoms with van der Waals surface area (Å²) >= 11 is 0. The molecule has 4 aromatic rings. The van der Waals surface area contributed by atoms with Crippen LogP contribution < -0.4 is 15.0 Å². The van der Waals surface area contributed by atoms with Gasteiger partial charge in [-0.15, -0.1) is 6.42 Å². The first kappa shape index (κ1) is 29.2. The summed E-state index contributed by atoms with van der Waals surface area (Å²) in [6.45, 7) is 7.89. The van der Waals surface area contributed by atoms with Gasteiger partial charge < -0.3 is 29.9 Å². The maximum atomic E-state index is 16.9. The Bertz CT molecular complexity index is 1930. The number of halogens is 1. The number of nitrogens with zero attached hydrogens (tertiary/aromatic N) is 5. The summed E-state index contributed by atoms with van der Waals surface area (Å²) in [5, 5.41) is 16.5. The van der Waals surface area contributed by atoms with Crippen molar-refractivity contribution < 1.29 is 14.2 Å². The molecule has 8 nitrogen and oxygen atoms in total. The maximum Gasteiger partial charge on any atom is 0.319 e. The zero-order valence-electron chi connectivity index (χ0n) is 26.9. The van der Waals surface area contributed by atoms with Crippen molar-refractivity contribution in [3.05, 3.63) is 53.8 Å². The first-order valence-corrected chi connectivity index (χ1v) is 17.1. The summed E-state index contributed by atoms with van der Waals surface area (Å²) < 4.78 is 23.4. The van der Waals surface area contributed by atoms with Crippen LogP contribution >= 0.6 is 0 Å². The van der Waals surface area contributed by atoms with Gasteiger partial charge >= 0.3 is 6.01 Å². The molecule has 5 heterocycles. The Hall–Kier alpha value is -3.97. The molecule has 4 aliphatic heterocycles. The molecule has 47 heavy (non-hydrogen) atoms. The standard InChI is InChI=1S/C38H41FN6O2/c1-3-24-5-4-6-25-15-28(46)16-31(32(24)25)29-9-10-30-34(33(29)39)41-36(42-35(30)45-17-26-7-8-27(18-45)40-26)47-23-37(11-12-37)21-44-14-13-38(22-44)19-43(2)20-38/h1,4-6,9-10,15-16,26-27,40,46H,7-8,11-14,17-23H2,2H3. The summed E-state index contributed by atoms with van der Waals surface area (Å²) in [6, 6.07) is 13.5. The lowest BCUT2D eigenvalue weighted by molar-refractivity contribution is 0.0278. The number of anilines is 1. The second-order valence-electron chi connectivity index (χ2n) is 15.2. The monoisotopic (exact) mass is 632 g/mol. The number of hydrogen-bond donors (Lipinski definition) is 2. The Morgan fingerprint density at radius 2 is 1.85 bits per heavy atom. The summed E-state index contributed by atoms with van der Waals surface area (Å²) in [5.74, 6) is 3.04. The van der Waals surface area contributed by atoms with Crippen molar-refractivity contribution in [2.45, 2.75) is 44.2 Å². The molecule has 2 bridgehead atoms. The SMILES string of the molecule is C#Cc1cccc2cc(O)cc(-c3ccc4c(N5CC6CCC(C5)N6)nc(OCC5(CN6CCC7(CN(C)C7)C6)CC5)nc4c3F)c12. The number of hydrogen-bond acceptors (Lipinski definition) is 8. The summed E-state index contributed by atoms with van der Waals surface area (Å²) in [4.78, 5) is 17.1. The third-order valence-corrected chi connectivity index (χ3v) is 11.4. The van der Waals surface area contributed by atoms with E-state index < -0.39 is 5.82 Å². The highest BCUT2D eigenvalue weighted by Crippen LogP contribution is 2.49. The van der Waals surface area contributed by atoms with E-state index in [1.54, 1.807) is 18.2 Å². The van der Waals surface area contributed by atoms with E-state index >= 15 is 4.39 Å². The first-order chi connectivity index (χ1) is 22.8. The highest BCUT2D eigenvalue weighted by molar-refractivity contribution is 6.04. The van der Waals surface area contributed by atoms with Crippen molar-refractivity contribution >= 4 is 27.5 Å². The second-order valence-corrected chi connectivity index (χ2v) is 15.2. The number of piperazine rings is 1. The van der Waals surface area contributed by atoms with Crippen LogP contribution in [-0.4, -0.2) is 96.4 Å². The van der Waals surface area contributed by atoms with Gasteiger partial charge in [-0.05, 0) is 80.9 Å². The van der Waals surface area contributed by atoms with E-state index in [2.05, 4.69) is 33.0 Å². The summed E-state index contributed by atoms with van der Waals surface area (Å²) in [7, 11) is 2.21. The average molecular weight is 633 g/mol. The fraction of sp³-hybridized carbons (Fsp3) is 0.474. The number of aromatic hydroxyl groups is 1. The lowest BCUT2D eigenvalue weighted by atomic mass is 9.79. The van der Waals surface area contributed by atoms with Crippen LogP contribution in [0.1, 0.15) is 37.7 Å². The minimum Gasteiger partial charge on any atom is -0.508 e. The lowest BCUT2D eigenvalue weighted by Gasteiger charge is -2.46. The third kappa shape index (κ3) is 5.09. The number of rotatable bonds is 7. The molecule has 1 spiro atoms. The van der Waals surface area contributed by atoms with Gasteiger partial charge in [-0.25, -0.2) is 4.39 Å². The smallest absolute Gasteiger partial charge is 0.319 e. The van der Waals surface area contributed by atoms with Gasteiger partial charge in [0, 0.05) is 84.1 Å². The maximum absolute atomic E-state index is 16.9. The molecule has 4 saturated heterocycles. The second kappa shape index (κ2) is 10.8. The fourth-order valence-electron chi connectivity index (χ4n) is 9.09. The Morgan fingerprint density at radius 1 is 1.04 bits per heavy atom. The van der Waals surface area contributed by atoms with Gasteiger partial charge in [0.2, 0.25) is 0 Å². The molecule has 9 rings (SSSR count). The largest absolute Gasteiger partial charge is 0.508 e. The number of benzene rings is 3. The number of likely N-dealkylation sites (tertiary alicyclic amines) is 2. The number of fused-ring (bicyclic) bond motifs is 4. The van der Waals surface area contributed by atoms with E-state index in [0.717, 1.165) is 68.5 Å². The van der Waals surface area contributed by atoms with E-state index in [-0.39, 0.29) is 22.7 Å².